The minimum atomic E-state index is 0.513. The summed E-state index contributed by atoms with van der Waals surface area (Å²) in [6.07, 6.45) is 21.5. The molecule has 1 atom stereocenters. The number of ether oxygens (including phenoxy) is 1. The molecule has 0 aromatic carbocycles. The Hall–Kier alpha value is 0.440. The van der Waals surface area contributed by atoms with Crippen LogP contribution in [0, 0.1) is 0 Å². The van der Waals surface area contributed by atoms with E-state index < -0.39 is 0 Å². The summed E-state index contributed by atoms with van der Waals surface area (Å²) in [5.74, 6) is 0. The Bertz CT molecular complexity index is 196. The molecule has 0 radical (unpaired) electrons. The van der Waals surface area contributed by atoms with Crippen LogP contribution < -0.4 is 0 Å². The van der Waals surface area contributed by atoms with Gasteiger partial charge in [0.25, 0.3) is 0 Å². The first-order valence-electron chi connectivity index (χ1n) is 10.0. The van der Waals surface area contributed by atoms with Gasteiger partial charge in [0.2, 0.25) is 0 Å². The maximum Gasteiger partial charge on any atom is 0.0572 e. The number of rotatable bonds is 18. The van der Waals surface area contributed by atoms with Crippen LogP contribution in [-0.4, -0.2) is 18.0 Å². The minimum absolute atomic E-state index is 0.513. The monoisotopic (exact) mass is 376 g/mol. The maximum atomic E-state index is 5.70. The van der Waals surface area contributed by atoms with E-state index in [9.17, 15) is 0 Å². The van der Waals surface area contributed by atoms with Gasteiger partial charge in [0, 0.05) is 11.9 Å². The van der Waals surface area contributed by atoms with Crippen LogP contribution in [0.4, 0.5) is 0 Å². The lowest BCUT2D eigenvalue weighted by Gasteiger charge is -2.14. The average Bonchev–Trinajstić information content (AvgIpc) is 2.54. The largest absolute Gasteiger partial charge is 0.379 e. The molecule has 0 aliphatic rings. The fourth-order valence-corrected chi connectivity index (χ4v) is 3.45. The standard InChI is InChI=1S/C20H41BrO/c1-3-20(22-4-2)18-16-14-12-10-8-6-5-7-9-11-13-15-17-19-21/h20H,3-19H2,1-2H3. The van der Waals surface area contributed by atoms with Crippen molar-refractivity contribution in [2.75, 3.05) is 11.9 Å². The van der Waals surface area contributed by atoms with Crippen molar-refractivity contribution >= 4 is 15.9 Å². The van der Waals surface area contributed by atoms with E-state index in [1.165, 1.54) is 102 Å². The van der Waals surface area contributed by atoms with Gasteiger partial charge in [-0.3, -0.25) is 0 Å². The molecule has 0 amide bonds. The molecular weight excluding hydrogens is 336 g/mol. The molecule has 0 aromatic heterocycles. The first-order valence-corrected chi connectivity index (χ1v) is 11.1. The summed E-state index contributed by atoms with van der Waals surface area (Å²) in [7, 11) is 0. The van der Waals surface area contributed by atoms with Crippen LogP contribution >= 0.6 is 15.9 Å². The van der Waals surface area contributed by atoms with Crippen molar-refractivity contribution in [2.45, 2.75) is 116 Å². The molecule has 0 aliphatic heterocycles. The van der Waals surface area contributed by atoms with E-state index in [1.54, 1.807) is 0 Å². The van der Waals surface area contributed by atoms with Crippen molar-refractivity contribution in [1.29, 1.82) is 0 Å². The molecule has 1 unspecified atom stereocenters. The predicted octanol–water partition coefficient (Wildman–Crippen LogP) is 7.66. The SMILES string of the molecule is CCOC(CC)CCCCCCCCCCCCCCCBr. The summed E-state index contributed by atoms with van der Waals surface area (Å²) < 4.78 is 5.70. The highest BCUT2D eigenvalue weighted by Gasteiger charge is 2.04. The molecule has 0 aliphatic carbocycles. The molecule has 0 saturated heterocycles. The van der Waals surface area contributed by atoms with Crippen molar-refractivity contribution in [3.8, 4) is 0 Å². The van der Waals surface area contributed by atoms with Crippen LogP contribution in [0.5, 0.6) is 0 Å². The second kappa shape index (κ2) is 19.5. The summed E-state index contributed by atoms with van der Waals surface area (Å²) >= 11 is 3.49. The van der Waals surface area contributed by atoms with Crippen LogP contribution in [0.1, 0.15) is 110 Å². The van der Waals surface area contributed by atoms with E-state index in [2.05, 4.69) is 29.8 Å². The molecule has 0 fully saturated rings. The van der Waals surface area contributed by atoms with E-state index in [0.29, 0.717) is 6.10 Å². The van der Waals surface area contributed by atoms with E-state index in [4.69, 9.17) is 4.74 Å². The number of halogens is 1. The number of hydrogen-bond donors (Lipinski definition) is 0. The Morgan fingerprint density at radius 1 is 0.636 bits per heavy atom. The highest BCUT2D eigenvalue weighted by molar-refractivity contribution is 9.09. The first kappa shape index (κ1) is 22.4. The lowest BCUT2D eigenvalue weighted by Crippen LogP contribution is -2.11. The van der Waals surface area contributed by atoms with Gasteiger partial charge < -0.3 is 4.74 Å². The third kappa shape index (κ3) is 16.8. The lowest BCUT2D eigenvalue weighted by molar-refractivity contribution is 0.0523. The molecule has 1 nitrogen and oxygen atoms in total. The summed E-state index contributed by atoms with van der Waals surface area (Å²) in [4.78, 5) is 0. The van der Waals surface area contributed by atoms with Gasteiger partial charge in [-0.05, 0) is 26.2 Å². The highest BCUT2D eigenvalue weighted by atomic mass is 79.9. The molecule has 22 heavy (non-hydrogen) atoms. The van der Waals surface area contributed by atoms with Gasteiger partial charge in [-0.1, -0.05) is 99.9 Å². The topological polar surface area (TPSA) is 9.23 Å². The zero-order valence-electron chi connectivity index (χ0n) is 15.4. The maximum absolute atomic E-state index is 5.70. The van der Waals surface area contributed by atoms with Crippen molar-refractivity contribution in [3.05, 3.63) is 0 Å². The minimum Gasteiger partial charge on any atom is -0.379 e. The van der Waals surface area contributed by atoms with E-state index >= 15 is 0 Å². The van der Waals surface area contributed by atoms with Gasteiger partial charge in [0.1, 0.15) is 0 Å². The van der Waals surface area contributed by atoms with Gasteiger partial charge >= 0.3 is 0 Å². The van der Waals surface area contributed by atoms with Crippen LogP contribution in [0.15, 0.2) is 0 Å². The summed E-state index contributed by atoms with van der Waals surface area (Å²) in [6.45, 7) is 5.21. The van der Waals surface area contributed by atoms with Crippen LogP contribution in [0.25, 0.3) is 0 Å². The Kier molecular flexibility index (Phi) is 19.9. The Morgan fingerprint density at radius 3 is 1.41 bits per heavy atom. The van der Waals surface area contributed by atoms with Gasteiger partial charge in [-0.2, -0.15) is 0 Å². The molecule has 0 heterocycles. The van der Waals surface area contributed by atoms with Crippen LogP contribution in [0.3, 0.4) is 0 Å². The molecule has 134 valence electrons. The molecular formula is C20H41BrO. The lowest BCUT2D eigenvalue weighted by atomic mass is 10.0. The number of alkyl halides is 1. The van der Waals surface area contributed by atoms with Gasteiger partial charge in [-0.15, -0.1) is 0 Å². The molecule has 0 aromatic rings. The summed E-state index contributed by atoms with van der Waals surface area (Å²) in [6, 6.07) is 0. The second-order valence-electron chi connectivity index (χ2n) is 6.56. The predicted molar refractivity (Wildman–Crippen MR) is 104 cm³/mol. The van der Waals surface area contributed by atoms with Gasteiger partial charge in [0.05, 0.1) is 6.10 Å². The Labute approximate surface area is 149 Å². The normalized spacial score (nSPS) is 12.7. The average molecular weight is 377 g/mol. The summed E-state index contributed by atoms with van der Waals surface area (Å²) in [5.41, 5.74) is 0. The highest BCUT2D eigenvalue weighted by Crippen LogP contribution is 2.14. The van der Waals surface area contributed by atoms with Gasteiger partial charge in [0.15, 0.2) is 0 Å². The second-order valence-corrected chi connectivity index (χ2v) is 7.35. The van der Waals surface area contributed by atoms with Crippen molar-refractivity contribution in [1.82, 2.24) is 0 Å². The number of unbranched alkanes of at least 4 members (excludes halogenated alkanes) is 12. The molecule has 2 heteroatoms. The smallest absolute Gasteiger partial charge is 0.0572 e. The number of hydrogen-bond acceptors (Lipinski definition) is 1. The third-order valence-electron chi connectivity index (χ3n) is 4.52. The fraction of sp³-hybridized carbons (Fsp3) is 1.00. The quantitative estimate of drug-likeness (QED) is 0.176. The van der Waals surface area contributed by atoms with Crippen LogP contribution in [0.2, 0.25) is 0 Å². The molecule has 0 spiro atoms. The van der Waals surface area contributed by atoms with Gasteiger partial charge in [-0.25, -0.2) is 0 Å². The zero-order chi connectivity index (χ0) is 16.3. The Balaban J connectivity index is 3.08. The zero-order valence-corrected chi connectivity index (χ0v) is 17.0. The van der Waals surface area contributed by atoms with E-state index in [1.807, 2.05) is 0 Å². The fourth-order valence-electron chi connectivity index (χ4n) is 3.05. The Morgan fingerprint density at radius 2 is 1.05 bits per heavy atom. The van der Waals surface area contributed by atoms with E-state index in [0.717, 1.165) is 6.61 Å². The molecule has 0 bridgehead atoms. The summed E-state index contributed by atoms with van der Waals surface area (Å²) in [5, 5.41) is 1.18. The third-order valence-corrected chi connectivity index (χ3v) is 5.08. The van der Waals surface area contributed by atoms with Crippen LogP contribution in [-0.2, 0) is 4.74 Å². The first-order chi connectivity index (χ1) is 10.8. The molecule has 0 N–H and O–H groups in total. The molecule has 0 rings (SSSR count). The molecule has 0 saturated carbocycles. The van der Waals surface area contributed by atoms with E-state index in [-0.39, 0.29) is 0 Å². The van der Waals surface area contributed by atoms with Crippen molar-refractivity contribution in [3.63, 3.8) is 0 Å². The van der Waals surface area contributed by atoms with Crippen molar-refractivity contribution in [2.24, 2.45) is 0 Å². The van der Waals surface area contributed by atoms with Crippen molar-refractivity contribution < 1.29 is 4.74 Å².